The van der Waals surface area contributed by atoms with E-state index in [9.17, 15) is 4.39 Å². The predicted octanol–water partition coefficient (Wildman–Crippen LogP) is 2.58. The lowest BCUT2D eigenvalue weighted by atomic mass is 10.2. The predicted molar refractivity (Wildman–Crippen MR) is 78.7 cm³/mol. The van der Waals surface area contributed by atoms with Gasteiger partial charge in [-0.05, 0) is 29.8 Å². The molecule has 0 spiro atoms. The van der Waals surface area contributed by atoms with Gasteiger partial charge in [0.15, 0.2) is 0 Å². The highest BCUT2D eigenvalue weighted by atomic mass is 35.5. The molecule has 2 aromatic rings. The Labute approximate surface area is 128 Å². The molecule has 0 amide bonds. The first-order valence-corrected chi connectivity index (χ1v) is 7.34. The summed E-state index contributed by atoms with van der Waals surface area (Å²) >= 11 is 6.13. The highest BCUT2D eigenvalue weighted by Gasteiger charge is 2.21. The number of halogens is 2. The second-order valence-corrected chi connectivity index (χ2v) is 5.60. The number of morpholine rings is 1. The first-order chi connectivity index (χ1) is 10.2. The van der Waals surface area contributed by atoms with Gasteiger partial charge in [-0.15, -0.1) is 0 Å². The highest BCUT2D eigenvalue weighted by molar-refractivity contribution is 6.31. The summed E-state index contributed by atoms with van der Waals surface area (Å²) in [6, 6.07) is 6.38. The van der Waals surface area contributed by atoms with Crippen LogP contribution in [0.25, 0.3) is 0 Å². The summed E-state index contributed by atoms with van der Waals surface area (Å²) in [5.41, 5.74) is 0.816. The molecule has 1 saturated heterocycles. The third-order valence-corrected chi connectivity index (χ3v) is 3.94. The molecule has 0 N–H and O–H groups in total. The van der Waals surface area contributed by atoms with Crippen molar-refractivity contribution in [1.82, 2.24) is 14.7 Å². The van der Waals surface area contributed by atoms with Gasteiger partial charge in [-0.3, -0.25) is 9.58 Å². The van der Waals surface area contributed by atoms with E-state index in [-0.39, 0.29) is 11.9 Å². The second kappa shape index (κ2) is 6.56. The van der Waals surface area contributed by atoms with E-state index in [4.69, 9.17) is 16.3 Å². The number of benzene rings is 1. The Balaban J connectivity index is 1.62. The molecule has 112 valence electrons. The van der Waals surface area contributed by atoms with E-state index >= 15 is 0 Å². The van der Waals surface area contributed by atoms with Gasteiger partial charge in [-0.25, -0.2) is 4.39 Å². The Morgan fingerprint density at radius 3 is 3.14 bits per heavy atom. The molecule has 0 bridgehead atoms. The summed E-state index contributed by atoms with van der Waals surface area (Å²) in [6.07, 6.45) is 3.77. The molecule has 1 aliphatic rings. The molecule has 2 heterocycles. The summed E-state index contributed by atoms with van der Waals surface area (Å²) in [5.74, 6) is -0.254. The third-order valence-electron chi connectivity index (χ3n) is 3.57. The minimum absolute atomic E-state index is 0.0889. The topological polar surface area (TPSA) is 30.3 Å². The lowest BCUT2D eigenvalue weighted by molar-refractivity contribution is -0.0402. The first kappa shape index (κ1) is 14.5. The van der Waals surface area contributed by atoms with Crippen LogP contribution in [0.4, 0.5) is 4.39 Å². The average molecular weight is 310 g/mol. The number of nitrogens with zero attached hydrogens (tertiary/aromatic N) is 3. The summed E-state index contributed by atoms with van der Waals surface area (Å²) in [6.45, 7) is 3.63. The zero-order valence-corrected chi connectivity index (χ0v) is 12.3. The van der Waals surface area contributed by atoms with Crippen LogP contribution in [-0.4, -0.2) is 40.5 Å². The monoisotopic (exact) mass is 309 g/mol. The van der Waals surface area contributed by atoms with Crippen LogP contribution < -0.4 is 0 Å². The average Bonchev–Trinajstić information content (AvgIpc) is 2.96. The van der Waals surface area contributed by atoms with Crippen LogP contribution in [0.1, 0.15) is 5.56 Å². The first-order valence-electron chi connectivity index (χ1n) is 6.96. The van der Waals surface area contributed by atoms with Crippen LogP contribution in [0.15, 0.2) is 36.7 Å². The zero-order valence-electron chi connectivity index (χ0n) is 11.6. The Morgan fingerprint density at radius 1 is 1.43 bits per heavy atom. The normalized spacial score (nSPS) is 19.8. The van der Waals surface area contributed by atoms with E-state index in [1.807, 2.05) is 16.9 Å². The van der Waals surface area contributed by atoms with E-state index < -0.39 is 0 Å². The number of hydrogen-bond donors (Lipinski definition) is 0. The Kier molecular flexibility index (Phi) is 4.53. The van der Waals surface area contributed by atoms with Crippen LogP contribution in [0.2, 0.25) is 5.02 Å². The fourth-order valence-corrected chi connectivity index (χ4v) is 2.73. The molecular weight excluding hydrogens is 293 g/mol. The Hall–Kier alpha value is -1.43. The van der Waals surface area contributed by atoms with Crippen molar-refractivity contribution in [2.75, 3.05) is 19.7 Å². The lowest BCUT2D eigenvalue weighted by Gasteiger charge is -2.33. The maximum atomic E-state index is 13.3. The Bertz CT molecular complexity index is 591. The number of rotatable bonds is 4. The van der Waals surface area contributed by atoms with Crippen LogP contribution in [0, 0.1) is 5.82 Å². The van der Waals surface area contributed by atoms with Gasteiger partial charge in [0.05, 0.1) is 19.3 Å². The van der Waals surface area contributed by atoms with Crippen LogP contribution in [-0.2, 0) is 17.8 Å². The van der Waals surface area contributed by atoms with Crippen LogP contribution in [0.3, 0.4) is 0 Å². The van der Waals surface area contributed by atoms with Gasteiger partial charge in [-0.2, -0.15) is 5.10 Å². The maximum Gasteiger partial charge on any atom is 0.123 e. The lowest BCUT2D eigenvalue weighted by Crippen LogP contribution is -2.43. The molecule has 0 aliphatic carbocycles. The molecule has 4 nitrogen and oxygen atoms in total. The quantitative estimate of drug-likeness (QED) is 0.869. The van der Waals surface area contributed by atoms with Gasteiger partial charge in [0, 0.05) is 37.1 Å². The molecule has 0 saturated carbocycles. The van der Waals surface area contributed by atoms with E-state index in [2.05, 4.69) is 10.00 Å². The van der Waals surface area contributed by atoms with E-state index in [0.717, 1.165) is 25.2 Å². The smallest absolute Gasteiger partial charge is 0.123 e. The fraction of sp³-hybridized carbons (Fsp3) is 0.400. The van der Waals surface area contributed by atoms with Gasteiger partial charge >= 0.3 is 0 Å². The summed E-state index contributed by atoms with van der Waals surface area (Å²) in [4.78, 5) is 2.23. The molecule has 6 heteroatoms. The summed E-state index contributed by atoms with van der Waals surface area (Å²) in [7, 11) is 0. The van der Waals surface area contributed by atoms with Crippen molar-refractivity contribution < 1.29 is 9.13 Å². The van der Waals surface area contributed by atoms with Crippen molar-refractivity contribution in [2.45, 2.75) is 19.2 Å². The van der Waals surface area contributed by atoms with Gasteiger partial charge < -0.3 is 4.74 Å². The van der Waals surface area contributed by atoms with Crippen LogP contribution in [0.5, 0.6) is 0 Å². The SMILES string of the molecule is Fc1ccc(Cl)c(CN2CCOC(Cn3cccn3)C2)c1. The molecule has 1 aromatic carbocycles. The van der Waals surface area contributed by atoms with Crippen molar-refractivity contribution >= 4 is 11.6 Å². The standard InChI is InChI=1S/C15H17ClFN3O/c16-15-3-2-13(17)8-12(15)9-19-6-7-21-14(10-19)11-20-5-1-4-18-20/h1-5,8,14H,6-7,9-11H2. The molecular formula is C15H17ClFN3O. The number of hydrogen-bond acceptors (Lipinski definition) is 3. The highest BCUT2D eigenvalue weighted by Crippen LogP contribution is 2.20. The summed E-state index contributed by atoms with van der Waals surface area (Å²) < 4.78 is 20.9. The van der Waals surface area contributed by atoms with Crippen molar-refractivity contribution in [2.24, 2.45) is 0 Å². The number of aromatic nitrogens is 2. The molecule has 0 radical (unpaired) electrons. The fourth-order valence-electron chi connectivity index (χ4n) is 2.56. The van der Waals surface area contributed by atoms with Crippen molar-refractivity contribution in [1.29, 1.82) is 0 Å². The molecule has 1 unspecified atom stereocenters. The maximum absolute atomic E-state index is 13.3. The Morgan fingerprint density at radius 2 is 2.33 bits per heavy atom. The molecule has 3 rings (SSSR count). The van der Waals surface area contributed by atoms with Crippen molar-refractivity contribution in [3.63, 3.8) is 0 Å². The molecule has 1 aromatic heterocycles. The van der Waals surface area contributed by atoms with Crippen molar-refractivity contribution in [3.8, 4) is 0 Å². The summed E-state index contributed by atoms with van der Waals surface area (Å²) in [5, 5.41) is 4.80. The third kappa shape index (κ3) is 3.81. The van der Waals surface area contributed by atoms with E-state index in [1.54, 1.807) is 12.3 Å². The largest absolute Gasteiger partial charge is 0.374 e. The number of ether oxygens (including phenoxy) is 1. The van der Waals surface area contributed by atoms with Gasteiger partial charge in [0.2, 0.25) is 0 Å². The zero-order chi connectivity index (χ0) is 14.7. The minimum Gasteiger partial charge on any atom is -0.374 e. The van der Waals surface area contributed by atoms with Gasteiger partial charge in [0.1, 0.15) is 5.82 Å². The van der Waals surface area contributed by atoms with Gasteiger partial charge in [0.25, 0.3) is 0 Å². The van der Waals surface area contributed by atoms with Crippen molar-refractivity contribution in [3.05, 3.63) is 53.1 Å². The molecule has 1 fully saturated rings. The van der Waals surface area contributed by atoms with E-state index in [1.165, 1.54) is 12.1 Å². The van der Waals surface area contributed by atoms with Crippen LogP contribution >= 0.6 is 11.6 Å². The molecule has 21 heavy (non-hydrogen) atoms. The second-order valence-electron chi connectivity index (χ2n) is 5.19. The minimum atomic E-state index is -0.254. The molecule has 1 atom stereocenters. The van der Waals surface area contributed by atoms with Gasteiger partial charge in [-0.1, -0.05) is 11.6 Å². The molecule has 1 aliphatic heterocycles. The van der Waals surface area contributed by atoms with E-state index in [0.29, 0.717) is 18.2 Å².